The van der Waals surface area contributed by atoms with E-state index in [1.54, 1.807) is 4.34 Å². The van der Waals surface area contributed by atoms with Crippen LogP contribution in [0.25, 0.3) is 11.0 Å². The Labute approximate surface area is 163 Å². The average Bonchev–Trinajstić information content (AvgIpc) is 2.34. The van der Waals surface area contributed by atoms with Crippen molar-refractivity contribution < 1.29 is 105 Å². The zero-order valence-electron chi connectivity index (χ0n) is 7.32. The first-order valence-electron chi connectivity index (χ1n) is 2.98. The Balaban J connectivity index is -0.000000121. The maximum Gasteiger partial charge on any atom is 0.00462 e. The van der Waals surface area contributed by atoms with Crippen LogP contribution in [0.1, 0.15) is 0 Å². The van der Waals surface area contributed by atoms with Crippen molar-refractivity contribution in [2.75, 3.05) is 0 Å². The van der Waals surface area contributed by atoms with Crippen LogP contribution < -0.4 is 0 Å². The van der Waals surface area contributed by atoms with Gasteiger partial charge in [0.1, 0.15) is 0 Å². The summed E-state index contributed by atoms with van der Waals surface area (Å²) >= 11 is 0. The SMILES string of the molecule is Pn1[c-]nc2ccccc21.[W].[W].[W].[W].[W]. The van der Waals surface area contributed by atoms with Gasteiger partial charge in [-0.1, -0.05) is 32.6 Å². The topological polar surface area (TPSA) is 17.8 Å². The van der Waals surface area contributed by atoms with Gasteiger partial charge in [0.25, 0.3) is 0 Å². The van der Waals surface area contributed by atoms with Crippen molar-refractivity contribution >= 4 is 20.4 Å². The molecule has 0 saturated heterocycles. The summed E-state index contributed by atoms with van der Waals surface area (Å²) < 4.78 is 1.80. The molecule has 15 heavy (non-hydrogen) atoms. The van der Waals surface area contributed by atoms with Crippen LogP contribution in [0.4, 0.5) is 0 Å². The number of aromatic nitrogens is 2. The van der Waals surface area contributed by atoms with E-state index in [1.807, 2.05) is 24.3 Å². The van der Waals surface area contributed by atoms with Crippen LogP contribution >= 0.6 is 9.39 Å². The summed E-state index contributed by atoms with van der Waals surface area (Å²) in [5.74, 6) is 0. The molecule has 2 aromatic rings. The van der Waals surface area contributed by atoms with Gasteiger partial charge < -0.3 is 9.32 Å². The molecule has 0 fully saturated rings. The van der Waals surface area contributed by atoms with E-state index >= 15 is 0 Å². The van der Waals surface area contributed by atoms with Gasteiger partial charge >= 0.3 is 0 Å². The molecule has 2 nitrogen and oxygen atoms in total. The van der Waals surface area contributed by atoms with Crippen LogP contribution in [0.5, 0.6) is 0 Å². The Hall–Kier alpha value is 2.56. The minimum atomic E-state index is 0. The fourth-order valence-electron chi connectivity index (χ4n) is 0.924. The summed E-state index contributed by atoms with van der Waals surface area (Å²) in [5.41, 5.74) is 2.07. The molecule has 8 heteroatoms. The number of imidazole rings is 1. The van der Waals surface area contributed by atoms with E-state index in [0.29, 0.717) is 0 Å². The predicted octanol–water partition coefficient (Wildman–Crippen LogP) is 1.46. The van der Waals surface area contributed by atoms with Crippen molar-refractivity contribution in [1.82, 2.24) is 9.32 Å². The second-order valence-electron chi connectivity index (χ2n) is 2.07. The van der Waals surface area contributed by atoms with Crippen molar-refractivity contribution in [3.05, 3.63) is 30.6 Å². The van der Waals surface area contributed by atoms with Crippen LogP contribution in [-0.2, 0) is 105 Å². The summed E-state index contributed by atoms with van der Waals surface area (Å²) in [6.45, 7) is 0. The molecule has 0 bridgehead atoms. The average molecular weight is 1070 g/mol. The predicted molar refractivity (Wildman–Crippen MR) is 43.7 cm³/mol. The van der Waals surface area contributed by atoms with Crippen LogP contribution in [0.3, 0.4) is 0 Å². The largest absolute Gasteiger partial charge is 0.431 e. The first kappa shape index (κ1) is 26.2. The first-order valence-corrected chi connectivity index (χ1v) is 3.50. The van der Waals surface area contributed by atoms with Crippen LogP contribution in [-0.4, -0.2) is 9.32 Å². The van der Waals surface area contributed by atoms with Crippen molar-refractivity contribution in [2.24, 2.45) is 0 Å². The molecular weight excluding hydrogens is 1060 g/mol. The van der Waals surface area contributed by atoms with Gasteiger partial charge in [0.2, 0.25) is 0 Å². The molecule has 1 aromatic carbocycles. The molecule has 0 aliphatic heterocycles. The van der Waals surface area contributed by atoms with Crippen LogP contribution in [0.15, 0.2) is 24.3 Å². The number of fused-ring (bicyclic) bond motifs is 1. The third-order valence-electron chi connectivity index (χ3n) is 1.42. The number of nitrogens with zero attached hydrogens (tertiary/aromatic N) is 2. The first-order chi connectivity index (χ1) is 4.88. The molecule has 0 aliphatic carbocycles. The molecular formula is C7H6N2PW5-. The van der Waals surface area contributed by atoms with Gasteiger partial charge in [0.15, 0.2) is 0 Å². The summed E-state index contributed by atoms with van der Waals surface area (Å²) in [6.07, 6.45) is 2.81. The number of para-hydroxylation sites is 2. The third-order valence-corrected chi connectivity index (χ3v) is 1.81. The van der Waals surface area contributed by atoms with Gasteiger partial charge in [-0.2, -0.15) is 0 Å². The zero-order chi connectivity index (χ0) is 6.97. The summed E-state index contributed by atoms with van der Waals surface area (Å²) in [7, 11) is 2.53. The van der Waals surface area contributed by atoms with E-state index in [0.717, 1.165) is 11.0 Å². The standard InChI is InChI=1S/C7H6N2P.5W/c10-9-5-8-6-3-1-2-4-7(6)9;;;;;/h1-4H,10H2;;;;;/q-1;;;;;. The van der Waals surface area contributed by atoms with Crippen molar-refractivity contribution in [3.8, 4) is 0 Å². The minimum absolute atomic E-state index is 0. The normalized spacial score (nSPS) is 7.00. The second-order valence-corrected chi connectivity index (χ2v) is 2.59. The maximum absolute atomic E-state index is 4.04. The molecule has 0 radical (unpaired) electrons. The van der Waals surface area contributed by atoms with Gasteiger partial charge in [-0.05, 0) is 0 Å². The molecule has 0 aliphatic rings. The van der Waals surface area contributed by atoms with E-state index in [-0.39, 0.29) is 105 Å². The van der Waals surface area contributed by atoms with Gasteiger partial charge in [-0.3, -0.25) is 0 Å². The molecule has 80 valence electrons. The molecule has 2 rings (SSSR count). The van der Waals surface area contributed by atoms with E-state index in [1.165, 1.54) is 0 Å². The smallest absolute Gasteiger partial charge is 0.00462 e. The third kappa shape index (κ3) is 6.90. The van der Waals surface area contributed by atoms with E-state index < -0.39 is 0 Å². The summed E-state index contributed by atoms with van der Waals surface area (Å²) in [4.78, 5) is 4.04. The maximum atomic E-state index is 4.04. The molecule has 0 saturated carbocycles. The number of hydrogen-bond donors (Lipinski definition) is 0. The van der Waals surface area contributed by atoms with Crippen LogP contribution in [0.2, 0.25) is 0 Å². The molecule has 1 heterocycles. The summed E-state index contributed by atoms with van der Waals surface area (Å²) in [6, 6.07) is 7.92. The molecule has 1 unspecified atom stereocenters. The van der Waals surface area contributed by atoms with E-state index in [9.17, 15) is 0 Å². The number of benzene rings is 1. The Morgan fingerprint density at radius 3 is 2.07 bits per heavy atom. The second kappa shape index (κ2) is 13.0. The quantitative estimate of drug-likeness (QED) is 0.289. The van der Waals surface area contributed by atoms with Crippen LogP contribution in [0, 0.1) is 6.33 Å². The molecule has 0 N–H and O–H groups in total. The zero-order valence-corrected chi connectivity index (χ0v) is 23.1. The Bertz CT molecular complexity index is 367. The molecule has 1 atom stereocenters. The minimum Gasteiger partial charge on any atom is -0.431 e. The van der Waals surface area contributed by atoms with Crippen molar-refractivity contribution in [3.63, 3.8) is 0 Å². The monoisotopic (exact) mass is 1070 g/mol. The number of rotatable bonds is 0. The van der Waals surface area contributed by atoms with E-state index in [4.69, 9.17) is 0 Å². The summed E-state index contributed by atoms with van der Waals surface area (Å²) in [5, 5.41) is 0. The van der Waals surface area contributed by atoms with Gasteiger partial charge in [-0.15, -0.1) is 12.1 Å². The van der Waals surface area contributed by atoms with Gasteiger partial charge in [0, 0.05) is 112 Å². The van der Waals surface area contributed by atoms with Gasteiger partial charge in [-0.25, -0.2) is 0 Å². The fraction of sp³-hybridized carbons (Fsp3) is 0. The van der Waals surface area contributed by atoms with E-state index in [2.05, 4.69) is 20.7 Å². The molecule has 0 spiro atoms. The van der Waals surface area contributed by atoms with Crippen molar-refractivity contribution in [1.29, 1.82) is 0 Å². The van der Waals surface area contributed by atoms with Crippen molar-refractivity contribution in [2.45, 2.75) is 0 Å². The fourth-order valence-corrected chi connectivity index (χ4v) is 1.20. The van der Waals surface area contributed by atoms with Gasteiger partial charge in [0.05, 0.1) is 0 Å². The molecule has 1 aromatic heterocycles. The Kier molecular flexibility index (Phi) is 22.7. The Morgan fingerprint density at radius 1 is 1.00 bits per heavy atom. The Morgan fingerprint density at radius 2 is 1.53 bits per heavy atom. The number of hydrogen-bond acceptors (Lipinski definition) is 1. The molecule has 0 amide bonds.